The van der Waals surface area contributed by atoms with Gasteiger partial charge in [0.05, 0.1) is 16.8 Å². The van der Waals surface area contributed by atoms with Gasteiger partial charge in [-0.05, 0) is 51.4 Å². The van der Waals surface area contributed by atoms with E-state index >= 15 is 0 Å². The van der Waals surface area contributed by atoms with Gasteiger partial charge in [0.2, 0.25) is 5.91 Å². The predicted octanol–water partition coefficient (Wildman–Crippen LogP) is 2.97. The van der Waals surface area contributed by atoms with Crippen LogP contribution in [0.2, 0.25) is 5.02 Å². The van der Waals surface area contributed by atoms with Crippen molar-refractivity contribution < 1.29 is 4.79 Å². The van der Waals surface area contributed by atoms with Gasteiger partial charge in [0, 0.05) is 24.4 Å². The molecule has 1 aliphatic rings. The molecule has 3 heterocycles. The van der Waals surface area contributed by atoms with Crippen molar-refractivity contribution >= 4 is 23.3 Å². The van der Waals surface area contributed by atoms with E-state index in [4.69, 9.17) is 11.6 Å². The standard InChI is InChI=1S/C17H22ClN5O/c1-11-8-15(22-21-11)13-4-3-7-23(10-13)12(2)17(24)20-16-6-5-14(18)9-19-16/h5-6,8-9,12-13H,3-4,7,10H2,1-2H3,(H,21,22)(H,19,20,24)/t12-,13-/m1/s1. The molecule has 3 rings (SSSR count). The zero-order valence-electron chi connectivity index (χ0n) is 13.9. The first-order valence-corrected chi connectivity index (χ1v) is 8.59. The summed E-state index contributed by atoms with van der Waals surface area (Å²) in [4.78, 5) is 18.8. The van der Waals surface area contributed by atoms with E-state index in [1.807, 2.05) is 13.8 Å². The Morgan fingerprint density at radius 1 is 1.50 bits per heavy atom. The minimum atomic E-state index is -0.217. The van der Waals surface area contributed by atoms with Crippen molar-refractivity contribution in [1.82, 2.24) is 20.1 Å². The molecule has 6 nitrogen and oxygen atoms in total. The number of rotatable bonds is 4. The van der Waals surface area contributed by atoms with Gasteiger partial charge >= 0.3 is 0 Å². The lowest BCUT2D eigenvalue weighted by atomic mass is 9.93. The van der Waals surface area contributed by atoms with E-state index in [0.717, 1.165) is 37.3 Å². The van der Waals surface area contributed by atoms with Gasteiger partial charge in [-0.15, -0.1) is 0 Å². The normalized spacial score (nSPS) is 19.9. The number of hydrogen-bond donors (Lipinski definition) is 2. The molecule has 1 aliphatic heterocycles. The second kappa shape index (κ2) is 7.32. The summed E-state index contributed by atoms with van der Waals surface area (Å²) in [5, 5.41) is 10.8. The quantitative estimate of drug-likeness (QED) is 0.891. The highest BCUT2D eigenvalue weighted by Gasteiger charge is 2.29. The number of aromatic nitrogens is 3. The maximum Gasteiger partial charge on any atom is 0.242 e. The molecule has 2 aromatic rings. The van der Waals surface area contributed by atoms with Crippen LogP contribution >= 0.6 is 11.6 Å². The molecule has 0 unspecified atom stereocenters. The van der Waals surface area contributed by atoms with Crippen LogP contribution in [0.25, 0.3) is 0 Å². The average molecular weight is 348 g/mol. The molecule has 0 radical (unpaired) electrons. The van der Waals surface area contributed by atoms with Gasteiger partial charge in [-0.3, -0.25) is 14.8 Å². The number of amides is 1. The molecule has 2 atom stereocenters. The summed E-state index contributed by atoms with van der Waals surface area (Å²) in [7, 11) is 0. The second-order valence-corrected chi connectivity index (χ2v) is 6.77. The molecule has 1 saturated heterocycles. The van der Waals surface area contributed by atoms with Crippen LogP contribution in [0.1, 0.15) is 37.1 Å². The van der Waals surface area contributed by atoms with Crippen LogP contribution in [0.3, 0.4) is 0 Å². The number of H-pyrrole nitrogens is 1. The zero-order chi connectivity index (χ0) is 17.1. The number of hydrogen-bond acceptors (Lipinski definition) is 4. The van der Waals surface area contributed by atoms with Crippen LogP contribution in [0, 0.1) is 6.92 Å². The molecule has 1 amide bonds. The monoisotopic (exact) mass is 347 g/mol. The first kappa shape index (κ1) is 16.9. The highest BCUT2D eigenvalue weighted by atomic mass is 35.5. The molecule has 0 spiro atoms. The van der Waals surface area contributed by atoms with Gasteiger partial charge in [0.1, 0.15) is 5.82 Å². The Morgan fingerprint density at radius 2 is 2.33 bits per heavy atom. The Bertz CT molecular complexity index is 699. The van der Waals surface area contributed by atoms with Gasteiger partial charge in [-0.25, -0.2) is 4.98 Å². The Labute approximate surface area is 146 Å². The van der Waals surface area contributed by atoms with Gasteiger partial charge < -0.3 is 5.32 Å². The molecule has 0 bridgehead atoms. The SMILES string of the molecule is Cc1cc([C@@H]2CCCN([C@H](C)C(=O)Nc3ccc(Cl)cn3)C2)n[nH]1. The number of aromatic amines is 1. The molecule has 0 saturated carbocycles. The number of carbonyl (C=O) groups is 1. The summed E-state index contributed by atoms with van der Waals surface area (Å²) in [6, 6.07) is 5.30. The Morgan fingerprint density at radius 3 is 3.00 bits per heavy atom. The van der Waals surface area contributed by atoms with E-state index in [1.165, 1.54) is 6.20 Å². The molecular formula is C17H22ClN5O. The van der Waals surface area contributed by atoms with E-state index in [9.17, 15) is 4.79 Å². The van der Waals surface area contributed by atoms with Crippen molar-refractivity contribution in [3.05, 3.63) is 40.8 Å². The lowest BCUT2D eigenvalue weighted by Gasteiger charge is -2.35. The lowest BCUT2D eigenvalue weighted by Crippen LogP contribution is -2.46. The van der Waals surface area contributed by atoms with Gasteiger partial charge in [0.15, 0.2) is 0 Å². The number of aryl methyl sites for hydroxylation is 1. The highest BCUT2D eigenvalue weighted by Crippen LogP contribution is 2.27. The van der Waals surface area contributed by atoms with E-state index in [0.29, 0.717) is 16.8 Å². The Balaban J connectivity index is 1.62. The van der Waals surface area contributed by atoms with Crippen LogP contribution in [-0.4, -0.2) is 45.1 Å². The van der Waals surface area contributed by atoms with Crippen LogP contribution < -0.4 is 5.32 Å². The number of nitrogens with one attached hydrogen (secondary N) is 2. The summed E-state index contributed by atoms with van der Waals surface area (Å²) in [6.07, 6.45) is 3.69. The topological polar surface area (TPSA) is 73.9 Å². The highest BCUT2D eigenvalue weighted by molar-refractivity contribution is 6.30. The molecule has 24 heavy (non-hydrogen) atoms. The van der Waals surface area contributed by atoms with E-state index < -0.39 is 0 Å². The van der Waals surface area contributed by atoms with Gasteiger partial charge in [0.25, 0.3) is 0 Å². The average Bonchev–Trinajstić information content (AvgIpc) is 3.03. The second-order valence-electron chi connectivity index (χ2n) is 6.34. The first-order valence-electron chi connectivity index (χ1n) is 8.21. The van der Waals surface area contributed by atoms with Gasteiger partial charge in [-0.2, -0.15) is 5.10 Å². The Kier molecular flexibility index (Phi) is 5.16. The fourth-order valence-corrected chi connectivity index (χ4v) is 3.21. The molecule has 1 fully saturated rings. The third-order valence-corrected chi connectivity index (χ3v) is 4.73. The van der Waals surface area contributed by atoms with Crippen molar-refractivity contribution in [2.24, 2.45) is 0 Å². The summed E-state index contributed by atoms with van der Waals surface area (Å²) in [6.45, 7) is 5.70. The summed E-state index contributed by atoms with van der Waals surface area (Å²) >= 11 is 5.82. The number of halogens is 1. The van der Waals surface area contributed by atoms with Crippen molar-refractivity contribution in [2.45, 2.75) is 38.6 Å². The molecular weight excluding hydrogens is 326 g/mol. The minimum absolute atomic E-state index is 0.0521. The minimum Gasteiger partial charge on any atom is -0.309 e. The number of carbonyl (C=O) groups excluding carboxylic acids is 1. The number of anilines is 1. The van der Waals surface area contributed by atoms with Crippen LogP contribution in [0.5, 0.6) is 0 Å². The van der Waals surface area contributed by atoms with Crippen LogP contribution in [-0.2, 0) is 4.79 Å². The molecule has 128 valence electrons. The van der Waals surface area contributed by atoms with Crippen molar-refractivity contribution in [3.8, 4) is 0 Å². The third kappa shape index (κ3) is 3.94. The van der Waals surface area contributed by atoms with Crippen molar-refractivity contribution in [3.63, 3.8) is 0 Å². The summed E-state index contributed by atoms with van der Waals surface area (Å²) < 4.78 is 0. The van der Waals surface area contributed by atoms with Crippen LogP contribution in [0.15, 0.2) is 24.4 Å². The number of nitrogens with zero attached hydrogens (tertiary/aromatic N) is 3. The largest absolute Gasteiger partial charge is 0.309 e. The van der Waals surface area contributed by atoms with Gasteiger partial charge in [-0.1, -0.05) is 11.6 Å². The van der Waals surface area contributed by atoms with E-state index in [1.54, 1.807) is 12.1 Å². The molecule has 2 N–H and O–H groups in total. The molecule has 0 aromatic carbocycles. The summed E-state index contributed by atoms with van der Waals surface area (Å²) in [5.74, 6) is 0.837. The van der Waals surface area contributed by atoms with Crippen molar-refractivity contribution in [2.75, 3.05) is 18.4 Å². The number of pyridine rings is 1. The Hall–Kier alpha value is -1.92. The smallest absolute Gasteiger partial charge is 0.242 e. The van der Waals surface area contributed by atoms with Crippen molar-refractivity contribution in [1.29, 1.82) is 0 Å². The maximum atomic E-state index is 12.5. The molecule has 7 heteroatoms. The fourth-order valence-electron chi connectivity index (χ4n) is 3.09. The predicted molar refractivity (Wildman–Crippen MR) is 94.2 cm³/mol. The lowest BCUT2D eigenvalue weighted by molar-refractivity contribution is -0.121. The number of piperidine rings is 1. The van der Waals surface area contributed by atoms with E-state index in [2.05, 4.69) is 31.5 Å². The maximum absolute atomic E-state index is 12.5. The third-order valence-electron chi connectivity index (χ3n) is 4.50. The summed E-state index contributed by atoms with van der Waals surface area (Å²) in [5.41, 5.74) is 2.16. The first-order chi connectivity index (χ1) is 11.5. The van der Waals surface area contributed by atoms with E-state index in [-0.39, 0.29) is 11.9 Å². The fraction of sp³-hybridized carbons (Fsp3) is 0.471. The molecule has 2 aromatic heterocycles. The molecule has 0 aliphatic carbocycles. The number of likely N-dealkylation sites (tertiary alicyclic amines) is 1. The van der Waals surface area contributed by atoms with Crippen LogP contribution in [0.4, 0.5) is 5.82 Å². The zero-order valence-corrected chi connectivity index (χ0v) is 14.7.